The highest BCUT2D eigenvalue weighted by Crippen LogP contribution is 2.26. The SMILES string of the molecule is NCc1ccc2c(N3CCOCC3)ccnc2c1. The predicted octanol–water partition coefficient (Wildman–Crippen LogP) is 1.53. The van der Waals surface area contributed by atoms with Crippen LogP contribution in [0.4, 0.5) is 5.69 Å². The van der Waals surface area contributed by atoms with Crippen molar-refractivity contribution in [2.75, 3.05) is 31.2 Å². The van der Waals surface area contributed by atoms with Crippen molar-refractivity contribution in [3.8, 4) is 0 Å². The number of anilines is 1. The number of nitrogens with zero attached hydrogens (tertiary/aromatic N) is 2. The van der Waals surface area contributed by atoms with Crippen LogP contribution in [0.5, 0.6) is 0 Å². The number of pyridine rings is 1. The molecular formula is C14H17N3O. The Morgan fingerprint density at radius 2 is 2.06 bits per heavy atom. The van der Waals surface area contributed by atoms with E-state index in [0.717, 1.165) is 37.4 Å². The van der Waals surface area contributed by atoms with E-state index in [1.807, 2.05) is 6.20 Å². The fourth-order valence-corrected chi connectivity index (χ4v) is 2.39. The van der Waals surface area contributed by atoms with E-state index in [9.17, 15) is 0 Å². The highest BCUT2D eigenvalue weighted by atomic mass is 16.5. The molecule has 2 heterocycles. The monoisotopic (exact) mass is 243 g/mol. The van der Waals surface area contributed by atoms with E-state index in [2.05, 4.69) is 34.1 Å². The first-order chi connectivity index (χ1) is 8.88. The maximum absolute atomic E-state index is 5.67. The van der Waals surface area contributed by atoms with Crippen molar-refractivity contribution in [1.29, 1.82) is 0 Å². The maximum Gasteiger partial charge on any atom is 0.0726 e. The van der Waals surface area contributed by atoms with Crippen LogP contribution in [-0.4, -0.2) is 31.3 Å². The van der Waals surface area contributed by atoms with Gasteiger partial charge < -0.3 is 15.4 Å². The van der Waals surface area contributed by atoms with Crippen molar-refractivity contribution in [1.82, 2.24) is 4.98 Å². The molecule has 94 valence electrons. The van der Waals surface area contributed by atoms with E-state index < -0.39 is 0 Å². The van der Waals surface area contributed by atoms with E-state index in [1.165, 1.54) is 11.1 Å². The van der Waals surface area contributed by atoms with Gasteiger partial charge in [0, 0.05) is 36.9 Å². The van der Waals surface area contributed by atoms with E-state index in [-0.39, 0.29) is 0 Å². The van der Waals surface area contributed by atoms with E-state index in [1.54, 1.807) is 0 Å². The lowest BCUT2D eigenvalue weighted by atomic mass is 10.1. The summed E-state index contributed by atoms with van der Waals surface area (Å²) in [6.07, 6.45) is 1.87. The van der Waals surface area contributed by atoms with Gasteiger partial charge in [0.25, 0.3) is 0 Å². The third-order valence-corrected chi connectivity index (χ3v) is 3.37. The summed E-state index contributed by atoms with van der Waals surface area (Å²) >= 11 is 0. The fraction of sp³-hybridized carbons (Fsp3) is 0.357. The second-order valence-corrected chi connectivity index (χ2v) is 4.49. The molecule has 0 atom stereocenters. The zero-order chi connectivity index (χ0) is 12.4. The highest BCUT2D eigenvalue weighted by molar-refractivity contribution is 5.91. The number of benzene rings is 1. The van der Waals surface area contributed by atoms with E-state index in [0.29, 0.717) is 6.54 Å². The van der Waals surface area contributed by atoms with Gasteiger partial charge in [0.2, 0.25) is 0 Å². The number of rotatable bonds is 2. The van der Waals surface area contributed by atoms with Crippen LogP contribution in [0.2, 0.25) is 0 Å². The van der Waals surface area contributed by atoms with Gasteiger partial charge in [0.15, 0.2) is 0 Å². The van der Waals surface area contributed by atoms with Gasteiger partial charge in [-0.15, -0.1) is 0 Å². The average Bonchev–Trinajstić information content (AvgIpc) is 2.47. The molecule has 0 unspecified atom stereocenters. The zero-order valence-electron chi connectivity index (χ0n) is 10.3. The van der Waals surface area contributed by atoms with Gasteiger partial charge in [0.1, 0.15) is 0 Å². The number of ether oxygens (including phenoxy) is 1. The minimum absolute atomic E-state index is 0.555. The lowest BCUT2D eigenvalue weighted by Crippen LogP contribution is -2.36. The summed E-state index contributed by atoms with van der Waals surface area (Å²) in [5.41, 5.74) is 9.04. The molecule has 0 aliphatic carbocycles. The van der Waals surface area contributed by atoms with Crippen LogP contribution in [-0.2, 0) is 11.3 Å². The van der Waals surface area contributed by atoms with Crippen LogP contribution >= 0.6 is 0 Å². The molecule has 1 saturated heterocycles. The van der Waals surface area contributed by atoms with Crippen molar-refractivity contribution in [2.24, 2.45) is 5.73 Å². The number of hydrogen-bond donors (Lipinski definition) is 1. The molecule has 0 bridgehead atoms. The number of nitrogens with two attached hydrogens (primary N) is 1. The Bertz CT molecular complexity index is 550. The summed E-state index contributed by atoms with van der Waals surface area (Å²) in [4.78, 5) is 6.79. The predicted molar refractivity (Wildman–Crippen MR) is 72.7 cm³/mol. The smallest absolute Gasteiger partial charge is 0.0726 e. The second kappa shape index (κ2) is 4.92. The van der Waals surface area contributed by atoms with Gasteiger partial charge in [-0.1, -0.05) is 12.1 Å². The van der Waals surface area contributed by atoms with Crippen LogP contribution in [0.3, 0.4) is 0 Å². The Morgan fingerprint density at radius 1 is 1.22 bits per heavy atom. The minimum Gasteiger partial charge on any atom is -0.378 e. The first-order valence-electron chi connectivity index (χ1n) is 6.29. The molecule has 0 saturated carbocycles. The number of fused-ring (bicyclic) bond motifs is 1. The van der Waals surface area contributed by atoms with Gasteiger partial charge in [-0.25, -0.2) is 0 Å². The third kappa shape index (κ3) is 2.05. The van der Waals surface area contributed by atoms with Gasteiger partial charge in [-0.3, -0.25) is 4.98 Å². The number of morpholine rings is 1. The lowest BCUT2D eigenvalue weighted by Gasteiger charge is -2.29. The largest absolute Gasteiger partial charge is 0.378 e. The highest BCUT2D eigenvalue weighted by Gasteiger charge is 2.13. The van der Waals surface area contributed by atoms with E-state index >= 15 is 0 Å². The zero-order valence-corrected chi connectivity index (χ0v) is 10.3. The normalized spacial score (nSPS) is 16.2. The Labute approximate surface area is 106 Å². The first-order valence-corrected chi connectivity index (χ1v) is 6.29. The molecule has 0 amide bonds. The summed E-state index contributed by atoms with van der Waals surface area (Å²) < 4.78 is 5.40. The second-order valence-electron chi connectivity index (χ2n) is 4.49. The molecule has 2 aromatic rings. The molecule has 2 N–H and O–H groups in total. The molecule has 4 nitrogen and oxygen atoms in total. The molecule has 1 aliphatic heterocycles. The quantitative estimate of drug-likeness (QED) is 0.869. The Hall–Kier alpha value is -1.65. The summed E-state index contributed by atoms with van der Waals surface area (Å²) in [6, 6.07) is 8.35. The Balaban J connectivity index is 2.05. The van der Waals surface area contributed by atoms with Gasteiger partial charge >= 0.3 is 0 Å². The van der Waals surface area contributed by atoms with Crippen molar-refractivity contribution in [3.05, 3.63) is 36.0 Å². The van der Waals surface area contributed by atoms with Crippen molar-refractivity contribution in [2.45, 2.75) is 6.54 Å². The summed E-state index contributed by atoms with van der Waals surface area (Å²) in [5.74, 6) is 0. The van der Waals surface area contributed by atoms with Gasteiger partial charge in [-0.05, 0) is 17.7 Å². The summed E-state index contributed by atoms with van der Waals surface area (Å²) in [7, 11) is 0. The van der Waals surface area contributed by atoms with Gasteiger partial charge in [0.05, 0.1) is 18.7 Å². The minimum atomic E-state index is 0.555. The van der Waals surface area contributed by atoms with Crippen LogP contribution in [0.15, 0.2) is 30.5 Å². The third-order valence-electron chi connectivity index (χ3n) is 3.37. The maximum atomic E-state index is 5.67. The van der Waals surface area contributed by atoms with Crippen LogP contribution in [0, 0.1) is 0 Å². The lowest BCUT2D eigenvalue weighted by molar-refractivity contribution is 0.123. The van der Waals surface area contributed by atoms with Gasteiger partial charge in [-0.2, -0.15) is 0 Å². The van der Waals surface area contributed by atoms with Crippen LogP contribution in [0.25, 0.3) is 10.9 Å². The molecular weight excluding hydrogens is 226 g/mol. The Kier molecular flexibility index (Phi) is 3.13. The summed E-state index contributed by atoms with van der Waals surface area (Å²) in [5, 5.41) is 1.19. The van der Waals surface area contributed by atoms with Crippen LogP contribution < -0.4 is 10.6 Å². The van der Waals surface area contributed by atoms with E-state index in [4.69, 9.17) is 10.5 Å². The molecule has 0 radical (unpaired) electrons. The molecule has 1 fully saturated rings. The number of aromatic nitrogens is 1. The number of hydrogen-bond acceptors (Lipinski definition) is 4. The standard InChI is InChI=1S/C14H17N3O/c15-10-11-1-2-12-13(9-11)16-4-3-14(12)17-5-7-18-8-6-17/h1-4,9H,5-8,10,15H2. The van der Waals surface area contributed by atoms with Crippen molar-refractivity contribution in [3.63, 3.8) is 0 Å². The molecule has 1 aromatic heterocycles. The summed E-state index contributed by atoms with van der Waals surface area (Å²) in [6.45, 7) is 4.03. The van der Waals surface area contributed by atoms with Crippen molar-refractivity contribution >= 4 is 16.6 Å². The first kappa shape index (κ1) is 11.4. The van der Waals surface area contributed by atoms with Crippen LogP contribution in [0.1, 0.15) is 5.56 Å². The Morgan fingerprint density at radius 3 is 2.83 bits per heavy atom. The van der Waals surface area contributed by atoms with Crippen molar-refractivity contribution < 1.29 is 4.74 Å². The fourth-order valence-electron chi connectivity index (χ4n) is 2.39. The molecule has 1 aliphatic rings. The molecule has 18 heavy (non-hydrogen) atoms. The molecule has 3 rings (SSSR count). The topological polar surface area (TPSA) is 51.4 Å². The molecule has 4 heteroatoms. The molecule has 0 spiro atoms. The average molecular weight is 243 g/mol. The molecule has 1 aromatic carbocycles.